The SMILES string of the molecule is CC(O)(c1ccccc1)c1ccc(N=NN2CCCC2)cc1. The summed E-state index contributed by atoms with van der Waals surface area (Å²) in [6.45, 7) is 3.79. The highest BCUT2D eigenvalue weighted by molar-refractivity contribution is 5.43. The first kappa shape index (κ1) is 14.7. The lowest BCUT2D eigenvalue weighted by Crippen LogP contribution is -2.22. The topological polar surface area (TPSA) is 48.2 Å². The predicted molar refractivity (Wildman–Crippen MR) is 86.9 cm³/mol. The van der Waals surface area contributed by atoms with E-state index >= 15 is 0 Å². The molecule has 0 spiro atoms. The van der Waals surface area contributed by atoms with E-state index in [4.69, 9.17) is 0 Å². The van der Waals surface area contributed by atoms with Crippen LogP contribution >= 0.6 is 0 Å². The van der Waals surface area contributed by atoms with Crippen molar-refractivity contribution in [3.05, 3.63) is 65.7 Å². The fraction of sp³-hybridized carbons (Fsp3) is 0.333. The molecule has 1 heterocycles. The monoisotopic (exact) mass is 295 g/mol. The van der Waals surface area contributed by atoms with Gasteiger partial charge in [-0.2, -0.15) is 0 Å². The van der Waals surface area contributed by atoms with Crippen LogP contribution in [0.25, 0.3) is 0 Å². The fourth-order valence-corrected chi connectivity index (χ4v) is 2.69. The lowest BCUT2D eigenvalue weighted by Gasteiger charge is -2.24. The van der Waals surface area contributed by atoms with Gasteiger partial charge >= 0.3 is 0 Å². The summed E-state index contributed by atoms with van der Waals surface area (Å²) in [5.74, 6) is 0. The second kappa shape index (κ2) is 6.28. The molecule has 0 saturated carbocycles. The van der Waals surface area contributed by atoms with Gasteiger partial charge in [0.15, 0.2) is 0 Å². The molecule has 2 aromatic carbocycles. The van der Waals surface area contributed by atoms with E-state index in [9.17, 15) is 5.11 Å². The summed E-state index contributed by atoms with van der Waals surface area (Å²) in [7, 11) is 0. The van der Waals surface area contributed by atoms with Crippen molar-refractivity contribution in [2.24, 2.45) is 10.3 Å². The van der Waals surface area contributed by atoms with Crippen LogP contribution in [0.3, 0.4) is 0 Å². The number of aliphatic hydroxyl groups is 1. The van der Waals surface area contributed by atoms with Gasteiger partial charge in [0.25, 0.3) is 0 Å². The highest BCUT2D eigenvalue weighted by Gasteiger charge is 2.25. The molecule has 114 valence electrons. The molecule has 1 saturated heterocycles. The molecule has 3 rings (SSSR count). The number of hydrogen-bond donors (Lipinski definition) is 1. The summed E-state index contributed by atoms with van der Waals surface area (Å²) in [5.41, 5.74) is 1.52. The quantitative estimate of drug-likeness (QED) is 0.865. The second-order valence-electron chi connectivity index (χ2n) is 5.84. The Balaban J connectivity index is 1.76. The van der Waals surface area contributed by atoms with Crippen molar-refractivity contribution in [1.29, 1.82) is 0 Å². The molecule has 1 fully saturated rings. The van der Waals surface area contributed by atoms with Gasteiger partial charge in [-0.05, 0) is 43.0 Å². The van der Waals surface area contributed by atoms with Gasteiger partial charge in [0.2, 0.25) is 0 Å². The van der Waals surface area contributed by atoms with Gasteiger partial charge < -0.3 is 5.11 Å². The Hall–Kier alpha value is -2.20. The third-order valence-corrected chi connectivity index (χ3v) is 4.13. The first-order chi connectivity index (χ1) is 10.7. The van der Waals surface area contributed by atoms with Gasteiger partial charge in [-0.1, -0.05) is 47.7 Å². The molecule has 2 aromatic rings. The summed E-state index contributed by atoms with van der Waals surface area (Å²) >= 11 is 0. The van der Waals surface area contributed by atoms with E-state index in [0.29, 0.717) is 0 Å². The molecule has 22 heavy (non-hydrogen) atoms. The molecule has 0 bridgehead atoms. The summed E-state index contributed by atoms with van der Waals surface area (Å²) in [6.07, 6.45) is 2.38. The van der Waals surface area contributed by atoms with Crippen molar-refractivity contribution >= 4 is 5.69 Å². The van der Waals surface area contributed by atoms with Crippen LogP contribution < -0.4 is 0 Å². The van der Waals surface area contributed by atoms with Crippen LogP contribution in [0, 0.1) is 0 Å². The molecule has 1 atom stereocenters. The maximum absolute atomic E-state index is 10.8. The molecule has 4 heteroatoms. The van der Waals surface area contributed by atoms with Gasteiger partial charge in [0.05, 0.1) is 5.69 Å². The Labute approximate surface area is 131 Å². The highest BCUT2D eigenvalue weighted by Crippen LogP contribution is 2.30. The minimum atomic E-state index is -1.01. The number of benzene rings is 2. The van der Waals surface area contributed by atoms with Crippen molar-refractivity contribution in [2.45, 2.75) is 25.4 Å². The zero-order chi connectivity index (χ0) is 15.4. The number of hydrogen-bond acceptors (Lipinski definition) is 3. The van der Waals surface area contributed by atoms with Crippen LogP contribution in [-0.4, -0.2) is 23.2 Å². The van der Waals surface area contributed by atoms with E-state index in [1.54, 1.807) is 0 Å². The lowest BCUT2D eigenvalue weighted by molar-refractivity contribution is 0.102. The van der Waals surface area contributed by atoms with Crippen molar-refractivity contribution in [2.75, 3.05) is 13.1 Å². The molecule has 1 unspecified atom stereocenters. The maximum atomic E-state index is 10.8. The Kier molecular flexibility index (Phi) is 4.20. The standard InChI is InChI=1S/C18H21N3O/c1-18(22,15-7-3-2-4-8-15)16-9-11-17(12-10-16)19-20-21-13-5-6-14-21/h2-4,7-12,22H,5-6,13-14H2,1H3. The molecule has 0 aliphatic carbocycles. The first-order valence-electron chi connectivity index (χ1n) is 7.71. The molecule has 0 aromatic heterocycles. The average Bonchev–Trinajstić information content (AvgIpc) is 3.08. The molecule has 0 radical (unpaired) electrons. The zero-order valence-corrected chi connectivity index (χ0v) is 12.8. The molecular formula is C18H21N3O. The van der Waals surface area contributed by atoms with Crippen molar-refractivity contribution in [3.63, 3.8) is 0 Å². The third kappa shape index (κ3) is 3.17. The minimum Gasteiger partial charge on any atom is -0.381 e. The van der Waals surface area contributed by atoms with Crippen molar-refractivity contribution in [3.8, 4) is 0 Å². The molecule has 1 aliphatic rings. The Morgan fingerprint density at radius 3 is 2.14 bits per heavy atom. The number of rotatable bonds is 4. The van der Waals surface area contributed by atoms with E-state index in [-0.39, 0.29) is 0 Å². The molecule has 0 amide bonds. The maximum Gasteiger partial charge on any atom is 0.112 e. The smallest absolute Gasteiger partial charge is 0.112 e. The predicted octanol–water partition coefficient (Wildman–Crippen LogP) is 4.04. The summed E-state index contributed by atoms with van der Waals surface area (Å²) in [6, 6.07) is 17.3. The second-order valence-corrected chi connectivity index (χ2v) is 5.84. The molecule has 1 N–H and O–H groups in total. The molecular weight excluding hydrogens is 274 g/mol. The van der Waals surface area contributed by atoms with Gasteiger partial charge in [-0.25, -0.2) is 0 Å². The average molecular weight is 295 g/mol. The third-order valence-electron chi connectivity index (χ3n) is 4.13. The van der Waals surface area contributed by atoms with Crippen LogP contribution in [-0.2, 0) is 5.60 Å². The van der Waals surface area contributed by atoms with E-state index in [0.717, 1.165) is 29.9 Å². The Bertz CT molecular complexity index is 629. The van der Waals surface area contributed by atoms with Crippen LogP contribution in [0.5, 0.6) is 0 Å². The van der Waals surface area contributed by atoms with Crippen molar-refractivity contribution < 1.29 is 5.11 Å². The minimum absolute atomic E-state index is 0.805. The van der Waals surface area contributed by atoms with Crippen molar-refractivity contribution in [1.82, 2.24) is 5.01 Å². The van der Waals surface area contributed by atoms with E-state index in [1.807, 2.05) is 66.5 Å². The Morgan fingerprint density at radius 2 is 1.50 bits per heavy atom. The van der Waals surface area contributed by atoms with Gasteiger partial charge in [-0.15, -0.1) is 5.11 Å². The zero-order valence-electron chi connectivity index (χ0n) is 12.8. The fourth-order valence-electron chi connectivity index (χ4n) is 2.69. The van der Waals surface area contributed by atoms with E-state index in [1.165, 1.54) is 12.8 Å². The Morgan fingerprint density at radius 1 is 0.909 bits per heavy atom. The molecule has 4 nitrogen and oxygen atoms in total. The first-order valence-corrected chi connectivity index (χ1v) is 7.71. The van der Waals surface area contributed by atoms with Gasteiger partial charge in [-0.3, -0.25) is 5.01 Å². The lowest BCUT2D eigenvalue weighted by atomic mass is 9.88. The normalized spacial score (nSPS) is 17.8. The van der Waals surface area contributed by atoms with E-state index in [2.05, 4.69) is 10.3 Å². The summed E-state index contributed by atoms with van der Waals surface area (Å²) < 4.78 is 0. The van der Waals surface area contributed by atoms with E-state index < -0.39 is 5.60 Å². The van der Waals surface area contributed by atoms with Crippen LogP contribution in [0.4, 0.5) is 5.69 Å². The highest BCUT2D eigenvalue weighted by atomic mass is 16.3. The summed E-state index contributed by atoms with van der Waals surface area (Å²) in [4.78, 5) is 0. The van der Waals surface area contributed by atoms with Crippen LogP contribution in [0.2, 0.25) is 0 Å². The largest absolute Gasteiger partial charge is 0.381 e. The summed E-state index contributed by atoms with van der Waals surface area (Å²) in [5, 5.41) is 21.3. The van der Waals surface area contributed by atoms with Crippen LogP contribution in [0.15, 0.2) is 64.9 Å². The molecule has 1 aliphatic heterocycles. The number of nitrogens with zero attached hydrogens (tertiary/aromatic N) is 3. The van der Waals surface area contributed by atoms with Crippen LogP contribution in [0.1, 0.15) is 30.9 Å². The van der Waals surface area contributed by atoms with Gasteiger partial charge in [0.1, 0.15) is 5.60 Å². The van der Waals surface area contributed by atoms with Gasteiger partial charge in [0, 0.05) is 13.1 Å².